The Bertz CT molecular complexity index is 1420. The minimum atomic E-state index is -2.82. The Hall–Kier alpha value is -3.16. The maximum atomic E-state index is 11.0. The quantitative estimate of drug-likeness (QED) is 0.123. The first-order valence-corrected chi connectivity index (χ1v) is 16.4. The average Bonchev–Trinajstić information content (AvgIpc) is 3.50. The van der Waals surface area contributed by atoms with Gasteiger partial charge in [0.2, 0.25) is 0 Å². The molecule has 0 radical (unpaired) electrons. The van der Waals surface area contributed by atoms with Crippen LogP contribution in [-0.4, -0.2) is 30.2 Å². The second-order valence-corrected chi connectivity index (χ2v) is 16.3. The normalized spacial score (nSPS) is 13.3. The van der Waals surface area contributed by atoms with Crippen molar-refractivity contribution < 1.29 is 24.2 Å². The molecule has 0 aliphatic carbocycles. The van der Waals surface area contributed by atoms with E-state index in [0.29, 0.717) is 11.3 Å². The molecule has 0 spiro atoms. The SMILES string of the molecule is CC(C)(C)[Si](OCC(=C=CC[C@@H](O)c1cc(Br)ccc1O)C[C@@H](O)c1ccco1)(c1ccccc1)c1ccccc1. The van der Waals surface area contributed by atoms with E-state index in [2.05, 4.69) is 66.7 Å². The highest BCUT2D eigenvalue weighted by Crippen LogP contribution is 2.37. The number of benzene rings is 3. The highest BCUT2D eigenvalue weighted by atomic mass is 79.9. The fourth-order valence-corrected chi connectivity index (χ4v) is 10.1. The number of hydrogen-bond donors (Lipinski definition) is 3. The predicted octanol–water partition coefficient (Wildman–Crippen LogP) is 6.95. The first kappa shape index (κ1) is 30.8. The van der Waals surface area contributed by atoms with Gasteiger partial charge in [0.1, 0.15) is 17.6 Å². The number of phenolic OH excluding ortho intramolecular Hbond substituents is 1. The van der Waals surface area contributed by atoms with Crippen molar-refractivity contribution in [2.75, 3.05) is 6.61 Å². The van der Waals surface area contributed by atoms with E-state index in [4.69, 9.17) is 8.84 Å². The van der Waals surface area contributed by atoms with Crippen molar-refractivity contribution in [3.63, 3.8) is 0 Å². The van der Waals surface area contributed by atoms with Crippen LogP contribution in [0.1, 0.15) is 57.1 Å². The first-order valence-electron chi connectivity index (χ1n) is 13.7. The highest BCUT2D eigenvalue weighted by Gasteiger charge is 2.50. The summed E-state index contributed by atoms with van der Waals surface area (Å²) in [7, 11) is -2.82. The second-order valence-electron chi connectivity index (χ2n) is 11.1. The number of phenols is 1. The van der Waals surface area contributed by atoms with Crippen LogP contribution in [0, 0.1) is 0 Å². The van der Waals surface area contributed by atoms with Gasteiger partial charge in [-0.25, -0.2) is 0 Å². The standard InChI is InChI=1S/C34H37BrO5Si/c1-34(2,3)41(27-13-6-4-7-14-27,28-15-8-5-9-16-28)40-24-25(22-32(38)33-18-11-21-39-33)12-10-17-30(36)29-23-26(35)19-20-31(29)37/h4-11,13-16,18-21,23,30,32,36-38H,17,22,24H2,1-3H3/t12?,30-,32-/m1/s1. The Balaban J connectivity index is 1.70. The van der Waals surface area contributed by atoms with Gasteiger partial charge in [-0.3, -0.25) is 0 Å². The molecule has 5 nitrogen and oxygen atoms in total. The molecule has 3 N–H and O–H groups in total. The van der Waals surface area contributed by atoms with Crippen molar-refractivity contribution in [2.45, 2.75) is 50.9 Å². The number of rotatable bonds is 11. The number of aliphatic hydroxyl groups excluding tert-OH is 2. The molecule has 2 atom stereocenters. The fraction of sp³-hybridized carbons (Fsp3) is 0.265. The molecule has 0 aliphatic heterocycles. The molecule has 214 valence electrons. The van der Waals surface area contributed by atoms with E-state index in [1.54, 1.807) is 36.4 Å². The molecule has 0 fully saturated rings. The van der Waals surface area contributed by atoms with Gasteiger partial charge in [0.05, 0.1) is 19.0 Å². The lowest BCUT2D eigenvalue weighted by molar-refractivity contribution is 0.146. The minimum absolute atomic E-state index is 0.0292. The van der Waals surface area contributed by atoms with Crippen LogP contribution in [0.25, 0.3) is 0 Å². The lowest BCUT2D eigenvalue weighted by atomic mass is 10.0. The van der Waals surface area contributed by atoms with Gasteiger partial charge in [-0.15, -0.1) is 5.73 Å². The smallest absolute Gasteiger partial charge is 0.261 e. The van der Waals surface area contributed by atoms with Crippen LogP contribution in [0.15, 0.2) is 124 Å². The molecule has 1 heterocycles. The van der Waals surface area contributed by atoms with Crippen LogP contribution in [-0.2, 0) is 4.43 Å². The third-order valence-corrected chi connectivity index (χ3v) is 12.7. The third kappa shape index (κ3) is 7.38. The second kappa shape index (κ2) is 13.7. The van der Waals surface area contributed by atoms with Gasteiger partial charge in [0.15, 0.2) is 0 Å². The zero-order chi connectivity index (χ0) is 29.5. The van der Waals surface area contributed by atoms with Crippen LogP contribution < -0.4 is 10.4 Å². The summed E-state index contributed by atoms with van der Waals surface area (Å²) in [5.41, 5.74) is 4.48. The Labute approximate surface area is 251 Å². The number of halogens is 1. The molecule has 0 aliphatic rings. The van der Waals surface area contributed by atoms with Gasteiger partial charge in [0.25, 0.3) is 8.32 Å². The number of hydrogen-bond acceptors (Lipinski definition) is 5. The number of aromatic hydroxyl groups is 1. The van der Waals surface area contributed by atoms with Gasteiger partial charge >= 0.3 is 0 Å². The molecule has 7 heteroatoms. The van der Waals surface area contributed by atoms with E-state index in [1.165, 1.54) is 6.26 Å². The Morgan fingerprint density at radius 2 is 1.56 bits per heavy atom. The van der Waals surface area contributed by atoms with E-state index in [9.17, 15) is 15.3 Å². The molecule has 41 heavy (non-hydrogen) atoms. The fourth-order valence-electron chi connectivity index (χ4n) is 5.17. The van der Waals surface area contributed by atoms with Crippen molar-refractivity contribution in [1.29, 1.82) is 0 Å². The number of aliphatic hydroxyl groups is 2. The number of furan rings is 1. The average molecular weight is 634 g/mol. The predicted molar refractivity (Wildman–Crippen MR) is 169 cm³/mol. The molecule has 0 saturated heterocycles. The van der Waals surface area contributed by atoms with Crippen LogP contribution in [0.4, 0.5) is 0 Å². The highest BCUT2D eigenvalue weighted by molar-refractivity contribution is 9.10. The molecule has 0 amide bonds. The summed E-state index contributed by atoms with van der Waals surface area (Å²) >= 11 is 3.39. The van der Waals surface area contributed by atoms with Gasteiger partial charge < -0.3 is 24.2 Å². The molecule has 1 aromatic heterocycles. The largest absolute Gasteiger partial charge is 0.508 e. The van der Waals surface area contributed by atoms with Gasteiger partial charge in [-0.1, -0.05) is 97.4 Å². The molecule has 0 saturated carbocycles. The van der Waals surface area contributed by atoms with E-state index < -0.39 is 20.5 Å². The summed E-state index contributed by atoms with van der Waals surface area (Å²) in [6.07, 6.45) is 1.96. The molecule has 4 aromatic rings. The summed E-state index contributed by atoms with van der Waals surface area (Å²) in [5.74, 6) is 0.496. The Kier molecular flexibility index (Phi) is 10.3. The van der Waals surface area contributed by atoms with E-state index in [-0.39, 0.29) is 30.2 Å². The van der Waals surface area contributed by atoms with Gasteiger partial charge in [-0.05, 0) is 57.4 Å². The molecule has 3 aromatic carbocycles. The van der Waals surface area contributed by atoms with E-state index >= 15 is 0 Å². The van der Waals surface area contributed by atoms with Crippen LogP contribution in [0.3, 0.4) is 0 Å². The van der Waals surface area contributed by atoms with Crippen molar-refractivity contribution >= 4 is 34.6 Å². The maximum Gasteiger partial charge on any atom is 0.261 e. The minimum Gasteiger partial charge on any atom is -0.508 e. The van der Waals surface area contributed by atoms with Gasteiger partial charge in [-0.2, -0.15) is 0 Å². The lowest BCUT2D eigenvalue weighted by Crippen LogP contribution is -2.66. The summed E-state index contributed by atoms with van der Waals surface area (Å²) < 4.78 is 13.3. The Morgan fingerprint density at radius 3 is 2.12 bits per heavy atom. The van der Waals surface area contributed by atoms with Crippen molar-refractivity contribution in [1.82, 2.24) is 0 Å². The zero-order valence-electron chi connectivity index (χ0n) is 23.6. The van der Waals surface area contributed by atoms with Crippen molar-refractivity contribution in [3.8, 4) is 5.75 Å². The summed E-state index contributed by atoms with van der Waals surface area (Å²) in [6, 6.07) is 29.2. The molecule has 0 bridgehead atoms. The molecular formula is C34H37BrO5Si. The van der Waals surface area contributed by atoms with Crippen LogP contribution in [0.2, 0.25) is 5.04 Å². The zero-order valence-corrected chi connectivity index (χ0v) is 26.2. The monoisotopic (exact) mass is 632 g/mol. The summed E-state index contributed by atoms with van der Waals surface area (Å²) in [5, 5.41) is 34.1. The van der Waals surface area contributed by atoms with Crippen LogP contribution in [0.5, 0.6) is 5.75 Å². The topological polar surface area (TPSA) is 83.1 Å². The van der Waals surface area contributed by atoms with E-state index in [1.807, 2.05) is 36.4 Å². The third-order valence-electron chi connectivity index (χ3n) is 7.19. The van der Waals surface area contributed by atoms with Crippen LogP contribution >= 0.6 is 15.9 Å². The summed E-state index contributed by atoms with van der Waals surface area (Å²) in [6.45, 7) is 6.89. The van der Waals surface area contributed by atoms with E-state index in [0.717, 1.165) is 20.4 Å². The molecule has 4 rings (SSSR count). The molecular weight excluding hydrogens is 596 g/mol. The van der Waals surface area contributed by atoms with Gasteiger partial charge in [0, 0.05) is 22.9 Å². The van der Waals surface area contributed by atoms with Crippen molar-refractivity contribution in [2.24, 2.45) is 0 Å². The maximum absolute atomic E-state index is 11.0. The van der Waals surface area contributed by atoms with Crippen molar-refractivity contribution in [3.05, 3.63) is 130 Å². The lowest BCUT2D eigenvalue weighted by Gasteiger charge is -2.43. The summed E-state index contributed by atoms with van der Waals surface area (Å²) in [4.78, 5) is 0. The molecule has 0 unspecified atom stereocenters. The Morgan fingerprint density at radius 1 is 0.927 bits per heavy atom. The first-order chi connectivity index (χ1) is 19.6.